The molecule has 0 radical (unpaired) electrons. The maximum Gasteiger partial charge on any atom is 0.315 e. The number of nitrogens with zero attached hydrogens (tertiary/aromatic N) is 2. The van der Waals surface area contributed by atoms with Crippen molar-refractivity contribution < 1.29 is 18.7 Å². The minimum atomic E-state index is -0.187. The molecular formula is C21H27N5O4. The van der Waals surface area contributed by atoms with Crippen LogP contribution < -0.4 is 16.0 Å². The van der Waals surface area contributed by atoms with E-state index < -0.39 is 0 Å². The van der Waals surface area contributed by atoms with E-state index in [0.717, 1.165) is 12.8 Å². The van der Waals surface area contributed by atoms with Crippen LogP contribution in [0.3, 0.4) is 0 Å². The number of urea groups is 1. The number of nitrogens with one attached hydrogen (secondary N) is 3. The highest BCUT2D eigenvalue weighted by molar-refractivity contribution is 5.74. The third-order valence-corrected chi connectivity index (χ3v) is 6.05. The van der Waals surface area contributed by atoms with Gasteiger partial charge in [0.05, 0.1) is 31.6 Å². The topological polar surface area (TPSA) is 111 Å². The highest BCUT2D eigenvalue weighted by Crippen LogP contribution is 2.29. The first kappa shape index (κ1) is 19.3. The zero-order chi connectivity index (χ0) is 20.3. The second-order valence-electron chi connectivity index (χ2n) is 8.15. The third-order valence-electron chi connectivity index (χ3n) is 6.05. The lowest BCUT2D eigenvalue weighted by molar-refractivity contribution is 0.0681. The number of furan rings is 1. The molecule has 3 fully saturated rings. The molecule has 0 spiro atoms. The van der Waals surface area contributed by atoms with Gasteiger partial charge >= 0.3 is 6.03 Å². The number of amides is 2. The lowest BCUT2D eigenvalue weighted by Gasteiger charge is -2.24. The van der Waals surface area contributed by atoms with E-state index in [1.165, 1.54) is 19.3 Å². The predicted octanol–water partition coefficient (Wildman–Crippen LogP) is 2.32. The van der Waals surface area contributed by atoms with Gasteiger partial charge in [-0.15, -0.1) is 0 Å². The highest BCUT2D eigenvalue weighted by Gasteiger charge is 2.48. The van der Waals surface area contributed by atoms with Gasteiger partial charge in [-0.1, -0.05) is 19.3 Å². The second kappa shape index (κ2) is 8.61. The molecule has 1 saturated carbocycles. The zero-order valence-electron chi connectivity index (χ0n) is 16.8. The van der Waals surface area contributed by atoms with E-state index >= 15 is 0 Å². The maximum atomic E-state index is 12.4. The number of fused-ring (bicyclic) bond motifs is 1. The largest absolute Gasteiger partial charge is 0.463 e. The van der Waals surface area contributed by atoms with Gasteiger partial charge < -0.3 is 29.8 Å². The molecule has 2 saturated heterocycles. The van der Waals surface area contributed by atoms with Crippen molar-refractivity contribution in [1.29, 1.82) is 0 Å². The molecule has 3 aliphatic rings. The van der Waals surface area contributed by atoms with Crippen LogP contribution in [0.2, 0.25) is 0 Å². The van der Waals surface area contributed by atoms with Gasteiger partial charge in [-0.3, -0.25) is 0 Å². The summed E-state index contributed by atoms with van der Waals surface area (Å²) in [5.74, 6) is 1.18. The molecule has 160 valence electrons. The number of carbonyl (C=O) groups excluding carboxylic acids is 1. The number of aromatic nitrogens is 2. The van der Waals surface area contributed by atoms with Gasteiger partial charge in [-0.2, -0.15) is 0 Å². The summed E-state index contributed by atoms with van der Waals surface area (Å²) < 4.78 is 17.3. The summed E-state index contributed by atoms with van der Waals surface area (Å²) >= 11 is 0. The first-order valence-corrected chi connectivity index (χ1v) is 10.7. The van der Waals surface area contributed by atoms with Crippen molar-refractivity contribution in [3.8, 4) is 11.5 Å². The van der Waals surface area contributed by atoms with Gasteiger partial charge in [0.1, 0.15) is 17.9 Å². The van der Waals surface area contributed by atoms with E-state index in [0.29, 0.717) is 30.6 Å². The molecule has 2 amide bonds. The molecular weight excluding hydrogens is 386 g/mol. The third kappa shape index (κ3) is 4.13. The summed E-state index contributed by atoms with van der Waals surface area (Å²) in [4.78, 5) is 21.2. The van der Waals surface area contributed by atoms with Crippen LogP contribution in [-0.2, 0) is 9.47 Å². The Morgan fingerprint density at radius 2 is 1.80 bits per heavy atom. The average molecular weight is 413 g/mol. The van der Waals surface area contributed by atoms with E-state index in [-0.39, 0.29) is 36.4 Å². The molecule has 0 unspecified atom stereocenters. The van der Waals surface area contributed by atoms with Gasteiger partial charge in [0.15, 0.2) is 5.76 Å². The maximum absolute atomic E-state index is 12.4. The molecule has 4 heterocycles. The highest BCUT2D eigenvalue weighted by atomic mass is 16.6. The predicted molar refractivity (Wildman–Crippen MR) is 109 cm³/mol. The van der Waals surface area contributed by atoms with Crippen molar-refractivity contribution in [2.75, 3.05) is 18.5 Å². The van der Waals surface area contributed by atoms with Crippen molar-refractivity contribution >= 4 is 12.0 Å². The van der Waals surface area contributed by atoms with E-state index in [4.69, 9.17) is 13.9 Å². The van der Waals surface area contributed by atoms with Crippen molar-refractivity contribution in [3.63, 3.8) is 0 Å². The lowest BCUT2D eigenvalue weighted by Crippen LogP contribution is -2.51. The van der Waals surface area contributed by atoms with Gasteiger partial charge in [0, 0.05) is 12.2 Å². The first-order valence-electron chi connectivity index (χ1n) is 10.7. The molecule has 0 aromatic carbocycles. The van der Waals surface area contributed by atoms with Gasteiger partial charge in [-0.05, 0) is 31.0 Å². The fourth-order valence-corrected chi connectivity index (χ4v) is 4.54. The van der Waals surface area contributed by atoms with Crippen molar-refractivity contribution in [2.45, 2.75) is 62.4 Å². The SMILES string of the molecule is O=C(NC1CCCCC1)N[C@H]1CO[C@H]2[C@H]1OC[C@H]2Nc1nccc(-c2ccco2)n1. The zero-order valence-corrected chi connectivity index (χ0v) is 16.8. The summed E-state index contributed by atoms with van der Waals surface area (Å²) in [6.45, 7) is 0.894. The Hall–Kier alpha value is -2.65. The van der Waals surface area contributed by atoms with Gasteiger partial charge in [-0.25, -0.2) is 14.8 Å². The Morgan fingerprint density at radius 3 is 2.60 bits per heavy atom. The number of rotatable bonds is 5. The molecule has 4 atom stereocenters. The van der Waals surface area contributed by atoms with Crippen molar-refractivity contribution in [1.82, 2.24) is 20.6 Å². The number of hydrogen-bond acceptors (Lipinski definition) is 7. The Balaban J connectivity index is 1.17. The molecule has 0 bridgehead atoms. The normalized spacial score (nSPS) is 28.8. The Bertz CT molecular complexity index is 855. The Morgan fingerprint density at radius 1 is 1.00 bits per heavy atom. The fourth-order valence-electron chi connectivity index (χ4n) is 4.54. The summed E-state index contributed by atoms with van der Waals surface area (Å²) in [5, 5.41) is 9.44. The van der Waals surface area contributed by atoms with Crippen LogP contribution >= 0.6 is 0 Å². The summed E-state index contributed by atoms with van der Waals surface area (Å²) in [6.07, 6.45) is 8.69. The molecule has 2 aromatic heterocycles. The van der Waals surface area contributed by atoms with E-state index in [1.807, 2.05) is 12.1 Å². The monoisotopic (exact) mass is 413 g/mol. The van der Waals surface area contributed by atoms with Crippen LogP contribution in [0.5, 0.6) is 0 Å². The smallest absolute Gasteiger partial charge is 0.315 e. The van der Waals surface area contributed by atoms with Crippen LogP contribution in [-0.4, -0.2) is 59.5 Å². The lowest BCUT2D eigenvalue weighted by atomic mass is 9.96. The van der Waals surface area contributed by atoms with Crippen LogP contribution in [0.1, 0.15) is 32.1 Å². The van der Waals surface area contributed by atoms with Crippen LogP contribution in [0.15, 0.2) is 35.1 Å². The van der Waals surface area contributed by atoms with Crippen molar-refractivity contribution in [2.24, 2.45) is 0 Å². The number of carbonyl (C=O) groups is 1. The molecule has 9 nitrogen and oxygen atoms in total. The van der Waals surface area contributed by atoms with Crippen LogP contribution in [0, 0.1) is 0 Å². The first-order chi connectivity index (χ1) is 14.8. The molecule has 2 aromatic rings. The minimum Gasteiger partial charge on any atom is -0.463 e. The summed E-state index contributed by atoms with van der Waals surface area (Å²) in [5.41, 5.74) is 0.708. The number of ether oxygens (including phenoxy) is 2. The molecule has 30 heavy (non-hydrogen) atoms. The number of hydrogen-bond donors (Lipinski definition) is 3. The van der Waals surface area contributed by atoms with E-state index in [1.54, 1.807) is 18.5 Å². The average Bonchev–Trinajstić information content (AvgIpc) is 3.50. The fraction of sp³-hybridized carbons (Fsp3) is 0.571. The van der Waals surface area contributed by atoms with Gasteiger partial charge in [0.2, 0.25) is 5.95 Å². The van der Waals surface area contributed by atoms with Crippen LogP contribution in [0.25, 0.3) is 11.5 Å². The molecule has 5 rings (SSSR count). The molecule has 1 aliphatic carbocycles. The van der Waals surface area contributed by atoms with E-state index in [9.17, 15) is 4.79 Å². The van der Waals surface area contributed by atoms with Crippen LogP contribution in [0.4, 0.5) is 10.7 Å². The second-order valence-corrected chi connectivity index (χ2v) is 8.15. The molecule has 2 aliphatic heterocycles. The van der Waals surface area contributed by atoms with E-state index in [2.05, 4.69) is 25.9 Å². The van der Waals surface area contributed by atoms with Gasteiger partial charge in [0.25, 0.3) is 0 Å². The Kier molecular flexibility index (Phi) is 5.54. The molecule has 9 heteroatoms. The standard InChI is InChI=1S/C21H27N5O4/c27-21(23-13-5-2-1-3-6-13)26-16-12-30-18-15(11-29-19(16)18)25-20-22-9-8-14(24-20)17-7-4-10-28-17/h4,7-10,13,15-16,18-19H,1-3,5-6,11-12H2,(H,22,24,25)(H2,23,26,27)/t15-,16+,18-,19+/m1/s1. The minimum absolute atomic E-state index is 0.0879. The van der Waals surface area contributed by atoms with Crippen molar-refractivity contribution in [3.05, 3.63) is 30.7 Å². The molecule has 3 N–H and O–H groups in total. The number of anilines is 1. The summed E-state index contributed by atoms with van der Waals surface area (Å²) in [7, 11) is 0. The summed E-state index contributed by atoms with van der Waals surface area (Å²) in [6, 6.07) is 5.37. The quantitative estimate of drug-likeness (QED) is 0.690. The Labute approximate surface area is 174 Å².